The molecule has 1 aromatic heterocycles. The van der Waals surface area contributed by atoms with E-state index in [1.165, 1.54) is 0 Å². The third-order valence-electron chi connectivity index (χ3n) is 2.58. The Hall–Kier alpha value is -2.02. The first-order chi connectivity index (χ1) is 8.84. The van der Waals surface area contributed by atoms with E-state index in [2.05, 4.69) is 10.2 Å². The van der Waals surface area contributed by atoms with Crippen molar-refractivity contribution >= 4 is 18.9 Å². The third kappa shape index (κ3) is 2.70. The predicted octanol–water partition coefficient (Wildman–Crippen LogP) is 2.46. The van der Waals surface area contributed by atoms with Crippen LogP contribution in [0, 0.1) is 0 Å². The van der Waals surface area contributed by atoms with E-state index in [9.17, 15) is 5.11 Å². The predicted molar refractivity (Wildman–Crippen MR) is 74.0 cm³/mol. The topological polar surface area (TPSA) is 59.2 Å². The van der Waals surface area contributed by atoms with Crippen LogP contribution in [0.5, 0.6) is 5.75 Å². The first-order valence-corrected chi connectivity index (χ1v) is 5.52. The number of phenolic OH excluding ortho intramolecular Hbond substituents is 1. The molecule has 0 aliphatic heterocycles. The summed E-state index contributed by atoms with van der Waals surface area (Å²) in [6, 6.07) is 16.4. The maximum atomic E-state index is 9.72. The van der Waals surface area contributed by atoms with Crippen LogP contribution < -0.4 is 0 Å². The third-order valence-corrected chi connectivity index (χ3v) is 2.58. The van der Waals surface area contributed by atoms with Crippen LogP contribution in [0.15, 0.2) is 59.0 Å². The Morgan fingerprint density at radius 1 is 0.789 bits per heavy atom. The molecule has 0 aliphatic rings. The molecule has 0 saturated carbocycles. The van der Waals surface area contributed by atoms with Crippen LogP contribution in [0.3, 0.4) is 0 Å². The molecule has 0 amide bonds. The van der Waals surface area contributed by atoms with E-state index < -0.39 is 0 Å². The summed E-state index contributed by atoms with van der Waals surface area (Å²) in [7, 11) is 0. The van der Waals surface area contributed by atoms with E-state index in [0.717, 1.165) is 5.56 Å². The summed E-state index contributed by atoms with van der Waals surface area (Å²) in [6.45, 7) is 0. The van der Waals surface area contributed by atoms with Crippen molar-refractivity contribution in [1.29, 1.82) is 0 Å². The van der Waals surface area contributed by atoms with Gasteiger partial charge < -0.3 is 9.52 Å². The molecule has 0 aliphatic carbocycles. The zero-order valence-electron chi connectivity index (χ0n) is 9.45. The van der Waals surface area contributed by atoms with Gasteiger partial charge in [-0.3, -0.25) is 0 Å². The van der Waals surface area contributed by atoms with Crippen molar-refractivity contribution in [2.45, 2.75) is 0 Å². The molecule has 0 saturated heterocycles. The van der Waals surface area contributed by atoms with Gasteiger partial charge in [-0.1, -0.05) is 30.3 Å². The maximum absolute atomic E-state index is 9.72. The van der Waals surface area contributed by atoms with Crippen molar-refractivity contribution in [3.8, 4) is 28.7 Å². The second-order valence-corrected chi connectivity index (χ2v) is 3.80. The molecule has 4 nitrogen and oxygen atoms in total. The zero-order valence-corrected chi connectivity index (χ0v) is 9.45. The Bertz CT molecular complexity index is 668. The standard InChI is InChI=1S/C14H10N2O2.Li.H/c17-12-9-5-4-8-11(12)14-16-15-13(18-14)10-6-2-1-3-7-10;;/h1-9,17H;;. The molecular weight excluding hydrogens is 235 g/mol. The van der Waals surface area contributed by atoms with Crippen molar-refractivity contribution in [3.05, 3.63) is 54.6 Å². The van der Waals surface area contributed by atoms with Gasteiger partial charge in [-0.25, -0.2) is 0 Å². The van der Waals surface area contributed by atoms with Gasteiger partial charge in [0.1, 0.15) is 5.75 Å². The van der Waals surface area contributed by atoms with Crippen molar-refractivity contribution in [3.63, 3.8) is 0 Å². The summed E-state index contributed by atoms with van der Waals surface area (Å²) >= 11 is 0. The van der Waals surface area contributed by atoms with E-state index in [1.54, 1.807) is 24.3 Å². The van der Waals surface area contributed by atoms with Crippen molar-refractivity contribution in [2.75, 3.05) is 0 Å². The quantitative estimate of drug-likeness (QED) is 0.705. The Labute approximate surface area is 122 Å². The van der Waals surface area contributed by atoms with Gasteiger partial charge in [0.05, 0.1) is 5.56 Å². The van der Waals surface area contributed by atoms with Crippen LogP contribution in [0.2, 0.25) is 0 Å². The molecule has 0 bridgehead atoms. The second kappa shape index (κ2) is 5.74. The first kappa shape index (κ1) is 13.4. The fourth-order valence-electron chi connectivity index (χ4n) is 1.68. The molecular formula is C14H11LiN2O2. The fraction of sp³-hybridized carbons (Fsp3) is 0. The minimum absolute atomic E-state index is 0. The molecule has 90 valence electrons. The van der Waals surface area contributed by atoms with Gasteiger partial charge in [0.25, 0.3) is 5.89 Å². The Kier molecular flexibility index (Phi) is 4.05. The molecule has 1 heterocycles. The zero-order chi connectivity index (χ0) is 12.4. The van der Waals surface area contributed by atoms with Gasteiger partial charge in [0.2, 0.25) is 5.89 Å². The molecule has 3 rings (SSSR count). The number of nitrogens with zero attached hydrogens (tertiary/aromatic N) is 2. The summed E-state index contributed by atoms with van der Waals surface area (Å²) in [5, 5.41) is 17.6. The monoisotopic (exact) mass is 246 g/mol. The van der Waals surface area contributed by atoms with Gasteiger partial charge in [-0.15, -0.1) is 10.2 Å². The number of aromatic nitrogens is 2. The number of hydrogen-bond acceptors (Lipinski definition) is 4. The molecule has 5 heteroatoms. The Morgan fingerprint density at radius 3 is 2.16 bits per heavy atom. The van der Waals surface area contributed by atoms with Crippen molar-refractivity contribution in [2.24, 2.45) is 0 Å². The van der Waals surface area contributed by atoms with E-state index in [1.807, 2.05) is 30.3 Å². The summed E-state index contributed by atoms with van der Waals surface area (Å²) in [5.74, 6) is 0.876. The molecule has 0 radical (unpaired) electrons. The van der Waals surface area contributed by atoms with Crippen molar-refractivity contribution < 1.29 is 9.52 Å². The number of para-hydroxylation sites is 1. The molecule has 0 atom stereocenters. The number of benzene rings is 2. The molecule has 0 spiro atoms. The summed E-state index contributed by atoms with van der Waals surface area (Å²) in [6.07, 6.45) is 0. The van der Waals surface area contributed by atoms with E-state index in [4.69, 9.17) is 4.42 Å². The summed E-state index contributed by atoms with van der Waals surface area (Å²) < 4.78 is 5.55. The van der Waals surface area contributed by atoms with Gasteiger partial charge in [-0.2, -0.15) is 0 Å². The SMILES string of the molecule is Oc1ccccc1-c1nnc(-c2ccccc2)o1.[LiH]. The van der Waals surface area contributed by atoms with Gasteiger partial charge >= 0.3 is 18.9 Å². The molecule has 1 N–H and O–H groups in total. The molecule has 0 fully saturated rings. The van der Waals surface area contributed by atoms with Gasteiger partial charge in [-0.05, 0) is 24.3 Å². The summed E-state index contributed by atoms with van der Waals surface area (Å²) in [5.41, 5.74) is 1.39. The fourth-order valence-corrected chi connectivity index (χ4v) is 1.68. The number of hydrogen-bond donors (Lipinski definition) is 1. The Morgan fingerprint density at radius 2 is 1.42 bits per heavy atom. The molecule has 3 aromatic rings. The van der Waals surface area contributed by atoms with Gasteiger partial charge in [0, 0.05) is 5.56 Å². The Balaban J connectivity index is 0.00000133. The molecule has 0 unspecified atom stereocenters. The van der Waals surface area contributed by atoms with Crippen LogP contribution in [0.4, 0.5) is 0 Å². The number of rotatable bonds is 2. The normalized spacial score (nSPS) is 9.89. The van der Waals surface area contributed by atoms with Crippen LogP contribution in [-0.4, -0.2) is 34.2 Å². The van der Waals surface area contributed by atoms with Crippen LogP contribution >= 0.6 is 0 Å². The first-order valence-electron chi connectivity index (χ1n) is 5.52. The van der Waals surface area contributed by atoms with Crippen LogP contribution in [-0.2, 0) is 0 Å². The van der Waals surface area contributed by atoms with E-state index >= 15 is 0 Å². The average Bonchev–Trinajstić information content (AvgIpc) is 2.90. The second-order valence-electron chi connectivity index (χ2n) is 3.80. The minimum atomic E-state index is 0. The number of aromatic hydroxyl groups is 1. The summed E-state index contributed by atoms with van der Waals surface area (Å²) in [4.78, 5) is 0. The average molecular weight is 246 g/mol. The molecule has 2 aromatic carbocycles. The van der Waals surface area contributed by atoms with Gasteiger partial charge in [0.15, 0.2) is 0 Å². The van der Waals surface area contributed by atoms with Crippen molar-refractivity contribution in [1.82, 2.24) is 10.2 Å². The van der Waals surface area contributed by atoms with E-state index in [-0.39, 0.29) is 24.6 Å². The number of phenols is 1. The van der Waals surface area contributed by atoms with E-state index in [0.29, 0.717) is 17.3 Å². The van der Waals surface area contributed by atoms with Crippen LogP contribution in [0.1, 0.15) is 0 Å². The molecule has 19 heavy (non-hydrogen) atoms. The van der Waals surface area contributed by atoms with Crippen LogP contribution in [0.25, 0.3) is 22.9 Å².